The number of rotatable bonds is 3. The topological polar surface area (TPSA) is 98.9 Å². The van der Waals surface area contributed by atoms with Gasteiger partial charge in [-0.3, -0.25) is 14.9 Å². The van der Waals surface area contributed by atoms with Crippen LogP contribution in [0.1, 0.15) is 10.4 Å². The number of allylic oxidation sites excluding steroid dienone is 2. The van der Waals surface area contributed by atoms with E-state index in [-0.39, 0.29) is 17.1 Å². The highest BCUT2D eigenvalue weighted by molar-refractivity contribution is 6.30. The van der Waals surface area contributed by atoms with Crippen molar-refractivity contribution in [3.8, 4) is 0 Å². The minimum Gasteiger partial charge on any atom is -0.447 e. The monoisotopic (exact) mass is 344 g/mol. The summed E-state index contributed by atoms with van der Waals surface area (Å²) >= 11 is 5.76. The molecule has 1 aromatic rings. The van der Waals surface area contributed by atoms with Gasteiger partial charge < -0.3 is 4.74 Å². The number of benzene rings is 1. The molecule has 3 rings (SSSR count). The fraction of sp³-hybridized carbons (Fsp3) is 0.0625. The molecule has 0 saturated carbocycles. The fourth-order valence-electron chi connectivity index (χ4n) is 2.15. The molecule has 0 fully saturated rings. The van der Waals surface area contributed by atoms with Crippen molar-refractivity contribution in [2.75, 3.05) is 0 Å². The van der Waals surface area contributed by atoms with Crippen molar-refractivity contribution in [2.45, 2.75) is 6.10 Å². The van der Waals surface area contributed by atoms with E-state index in [9.17, 15) is 19.7 Å². The van der Waals surface area contributed by atoms with Crippen molar-refractivity contribution in [1.82, 2.24) is 0 Å². The molecule has 0 aromatic heterocycles. The van der Waals surface area contributed by atoms with Crippen molar-refractivity contribution in [1.29, 1.82) is 0 Å². The first-order valence-electron chi connectivity index (χ1n) is 6.79. The molecule has 0 spiro atoms. The van der Waals surface area contributed by atoms with Crippen molar-refractivity contribution in [3.05, 3.63) is 80.7 Å². The number of hydrogen-bond acceptors (Lipinski definition) is 6. The van der Waals surface area contributed by atoms with E-state index in [2.05, 4.69) is 4.99 Å². The Morgan fingerprint density at radius 1 is 1.33 bits per heavy atom. The van der Waals surface area contributed by atoms with Crippen LogP contribution in [0.4, 0.5) is 0 Å². The summed E-state index contributed by atoms with van der Waals surface area (Å²) in [7, 11) is 0. The molecule has 1 aromatic carbocycles. The predicted octanol–water partition coefficient (Wildman–Crippen LogP) is 2.50. The SMILES string of the molecule is O=C1OC2C=CC([N+](=O)[O-])=CC2=N/C1=C/C(=O)c1ccc(Cl)cc1. The number of nitro groups is 1. The van der Waals surface area contributed by atoms with E-state index in [1.165, 1.54) is 30.4 Å². The second-order valence-electron chi connectivity index (χ2n) is 4.95. The van der Waals surface area contributed by atoms with Gasteiger partial charge in [0.1, 0.15) is 0 Å². The zero-order valence-electron chi connectivity index (χ0n) is 12.0. The Bertz CT molecular complexity index is 865. The molecule has 0 radical (unpaired) electrons. The first kappa shape index (κ1) is 15.8. The van der Waals surface area contributed by atoms with E-state index in [1.54, 1.807) is 12.1 Å². The highest BCUT2D eigenvalue weighted by Gasteiger charge is 2.30. The zero-order chi connectivity index (χ0) is 17.3. The lowest BCUT2D eigenvalue weighted by molar-refractivity contribution is -0.419. The molecule has 0 amide bonds. The van der Waals surface area contributed by atoms with Crippen molar-refractivity contribution in [3.63, 3.8) is 0 Å². The Morgan fingerprint density at radius 2 is 2.04 bits per heavy atom. The van der Waals surface area contributed by atoms with Crippen LogP contribution in [0, 0.1) is 10.1 Å². The van der Waals surface area contributed by atoms with E-state index in [4.69, 9.17) is 16.3 Å². The molecule has 1 aliphatic carbocycles. The normalized spacial score (nSPS) is 20.8. The maximum absolute atomic E-state index is 12.2. The van der Waals surface area contributed by atoms with E-state index in [0.29, 0.717) is 10.6 Å². The third-order valence-corrected chi connectivity index (χ3v) is 3.58. The van der Waals surface area contributed by atoms with Crippen LogP contribution in [0.5, 0.6) is 0 Å². The molecule has 1 unspecified atom stereocenters. The van der Waals surface area contributed by atoms with Crippen molar-refractivity contribution >= 4 is 29.1 Å². The fourth-order valence-corrected chi connectivity index (χ4v) is 2.27. The molecule has 0 bridgehead atoms. The zero-order valence-corrected chi connectivity index (χ0v) is 12.8. The van der Waals surface area contributed by atoms with Gasteiger partial charge in [-0.1, -0.05) is 11.6 Å². The van der Waals surface area contributed by atoms with Gasteiger partial charge in [0.25, 0.3) is 5.70 Å². The lowest BCUT2D eigenvalue weighted by atomic mass is 10.0. The number of halogens is 1. The smallest absolute Gasteiger partial charge is 0.358 e. The van der Waals surface area contributed by atoms with E-state index in [0.717, 1.165) is 6.08 Å². The second kappa shape index (κ2) is 6.21. The summed E-state index contributed by atoms with van der Waals surface area (Å²) in [5.74, 6) is -1.22. The molecule has 24 heavy (non-hydrogen) atoms. The standard InChI is InChI=1S/C16H9ClN2O5/c17-10-3-1-9(2-4-10)14(20)8-13-16(21)24-15-6-5-11(19(22)23)7-12(15)18-13/h1-8,15H/b13-8+. The molecule has 8 heteroatoms. The highest BCUT2D eigenvalue weighted by Crippen LogP contribution is 2.21. The molecule has 0 saturated heterocycles. The average molecular weight is 345 g/mol. The van der Waals surface area contributed by atoms with Gasteiger partial charge in [0.2, 0.25) is 0 Å². The maximum Gasteiger partial charge on any atom is 0.358 e. The number of esters is 1. The van der Waals surface area contributed by atoms with Crippen LogP contribution in [-0.4, -0.2) is 28.5 Å². The Kier molecular flexibility index (Phi) is 4.09. The number of ether oxygens (including phenoxy) is 1. The number of carbonyl (C=O) groups is 2. The third-order valence-electron chi connectivity index (χ3n) is 3.33. The lowest BCUT2D eigenvalue weighted by Gasteiger charge is -2.21. The Morgan fingerprint density at radius 3 is 2.71 bits per heavy atom. The second-order valence-corrected chi connectivity index (χ2v) is 5.39. The first-order valence-corrected chi connectivity index (χ1v) is 7.17. The molecular weight excluding hydrogens is 336 g/mol. The number of carbonyl (C=O) groups excluding carboxylic acids is 2. The molecule has 7 nitrogen and oxygen atoms in total. The summed E-state index contributed by atoms with van der Waals surface area (Å²) in [6.07, 6.45) is 4.06. The van der Waals surface area contributed by atoms with Gasteiger partial charge in [0.15, 0.2) is 17.6 Å². The van der Waals surface area contributed by atoms with Gasteiger partial charge >= 0.3 is 5.97 Å². The summed E-state index contributed by atoms with van der Waals surface area (Å²) in [5, 5.41) is 11.3. The van der Waals surface area contributed by atoms with E-state index in [1.807, 2.05) is 0 Å². The highest BCUT2D eigenvalue weighted by atomic mass is 35.5. The summed E-state index contributed by atoms with van der Waals surface area (Å²) in [6, 6.07) is 6.12. The van der Waals surface area contributed by atoms with Crippen LogP contribution in [0.15, 0.2) is 65.0 Å². The first-order chi connectivity index (χ1) is 11.4. The summed E-state index contributed by atoms with van der Waals surface area (Å²) in [4.78, 5) is 38.4. The van der Waals surface area contributed by atoms with Crippen LogP contribution < -0.4 is 0 Å². The van der Waals surface area contributed by atoms with Gasteiger partial charge in [0.05, 0.1) is 10.6 Å². The Labute approximate surface area is 140 Å². The summed E-state index contributed by atoms with van der Waals surface area (Å²) in [5.41, 5.74) is 0.132. The summed E-state index contributed by atoms with van der Waals surface area (Å²) in [6.45, 7) is 0. The molecule has 1 atom stereocenters. The Balaban J connectivity index is 1.93. The minimum absolute atomic E-state index is 0.175. The summed E-state index contributed by atoms with van der Waals surface area (Å²) < 4.78 is 5.12. The van der Waals surface area contributed by atoms with Crippen LogP contribution in [0.3, 0.4) is 0 Å². The largest absolute Gasteiger partial charge is 0.447 e. The van der Waals surface area contributed by atoms with Crippen LogP contribution in [0.2, 0.25) is 5.02 Å². The number of aliphatic imine (C=N–C) groups is 1. The molecular formula is C16H9ClN2O5. The van der Waals surface area contributed by atoms with Crippen molar-refractivity contribution < 1.29 is 19.2 Å². The van der Waals surface area contributed by atoms with Crippen LogP contribution in [0.25, 0.3) is 0 Å². The van der Waals surface area contributed by atoms with Gasteiger partial charge in [-0.25, -0.2) is 9.79 Å². The van der Waals surface area contributed by atoms with Gasteiger partial charge in [-0.15, -0.1) is 0 Å². The third kappa shape index (κ3) is 3.16. The van der Waals surface area contributed by atoms with Gasteiger partial charge in [-0.05, 0) is 30.3 Å². The number of nitrogens with zero attached hydrogens (tertiary/aromatic N) is 2. The van der Waals surface area contributed by atoms with E-state index >= 15 is 0 Å². The number of hydrogen-bond donors (Lipinski definition) is 0. The van der Waals surface area contributed by atoms with Gasteiger partial charge in [0, 0.05) is 28.8 Å². The van der Waals surface area contributed by atoms with Crippen LogP contribution in [-0.2, 0) is 9.53 Å². The molecule has 2 aliphatic rings. The quantitative estimate of drug-likeness (QED) is 0.276. The van der Waals surface area contributed by atoms with Crippen LogP contribution >= 0.6 is 11.6 Å². The number of ketones is 1. The minimum atomic E-state index is -0.788. The average Bonchev–Trinajstić information content (AvgIpc) is 2.55. The molecule has 1 heterocycles. The lowest BCUT2D eigenvalue weighted by Crippen LogP contribution is -2.32. The Hall–Kier alpha value is -3.06. The molecule has 1 aliphatic heterocycles. The predicted molar refractivity (Wildman–Crippen MR) is 85.4 cm³/mol. The number of fused-ring (bicyclic) bond motifs is 1. The maximum atomic E-state index is 12.2. The van der Waals surface area contributed by atoms with E-state index < -0.39 is 22.8 Å². The molecule has 120 valence electrons. The molecule has 0 N–H and O–H groups in total. The van der Waals surface area contributed by atoms with Crippen molar-refractivity contribution in [2.24, 2.45) is 4.99 Å². The van der Waals surface area contributed by atoms with Gasteiger partial charge in [-0.2, -0.15) is 0 Å².